The number of fused-ring (bicyclic) bond motifs is 1. The molecule has 10 heteroatoms. The lowest BCUT2D eigenvalue weighted by molar-refractivity contribution is -0.116. The number of ether oxygens (including phenoxy) is 1. The van der Waals surface area contributed by atoms with Crippen LogP contribution in [0.2, 0.25) is 0 Å². The zero-order valence-corrected chi connectivity index (χ0v) is 20.5. The van der Waals surface area contributed by atoms with Gasteiger partial charge in [-0.3, -0.25) is 18.6 Å². The molecule has 190 valence electrons. The van der Waals surface area contributed by atoms with Gasteiger partial charge < -0.3 is 19.7 Å². The first kappa shape index (κ1) is 25.1. The number of nitrogens with one attached hydrogen (secondary N) is 1. The second-order valence-electron chi connectivity index (χ2n) is 8.48. The van der Waals surface area contributed by atoms with Crippen LogP contribution in [0.3, 0.4) is 0 Å². The highest BCUT2D eigenvalue weighted by molar-refractivity contribution is 7.48. The third-order valence-corrected chi connectivity index (χ3v) is 7.11. The Labute approximate surface area is 213 Å². The number of rotatable bonds is 10. The number of hydrogen-bond acceptors (Lipinski definition) is 8. The Morgan fingerprint density at radius 3 is 2.08 bits per heavy atom. The fourth-order valence-corrected chi connectivity index (χ4v) is 4.99. The summed E-state index contributed by atoms with van der Waals surface area (Å²) < 4.78 is 35.9. The molecule has 1 amide bonds. The number of phosphoric ester groups is 1. The summed E-state index contributed by atoms with van der Waals surface area (Å²) in [7, 11) is -4.22. The quantitative estimate of drug-likeness (QED) is 0.304. The topological polar surface area (TPSA) is 124 Å². The molecule has 1 aliphatic carbocycles. The monoisotopic (exact) mass is 521 g/mol. The van der Waals surface area contributed by atoms with Crippen LogP contribution in [0.5, 0.6) is 5.75 Å². The van der Waals surface area contributed by atoms with Crippen LogP contribution in [0, 0.1) is 0 Å². The second-order valence-corrected chi connectivity index (χ2v) is 10.1. The Morgan fingerprint density at radius 2 is 1.46 bits per heavy atom. The number of phosphoric acid groups is 1. The van der Waals surface area contributed by atoms with E-state index in [0.717, 1.165) is 17.2 Å². The predicted octanol–water partition coefficient (Wildman–Crippen LogP) is 3.93. The van der Waals surface area contributed by atoms with Crippen molar-refractivity contribution in [2.45, 2.75) is 31.5 Å². The number of carbonyl (C=O) groups excluding carboxylic acids is 2. The van der Waals surface area contributed by atoms with E-state index in [2.05, 4.69) is 5.32 Å². The molecule has 0 bridgehead atoms. The molecule has 1 heterocycles. The van der Waals surface area contributed by atoms with Crippen molar-refractivity contribution in [3.8, 4) is 5.75 Å². The maximum atomic E-state index is 13.7. The van der Waals surface area contributed by atoms with Crippen molar-refractivity contribution in [2.24, 2.45) is 0 Å². The average molecular weight is 521 g/mol. The molecule has 5 rings (SSSR count). The number of hydrogen-bond donors (Lipinski definition) is 2. The average Bonchev–Trinajstić information content (AvgIpc) is 3.73. The maximum Gasteiger partial charge on any atom is 0.530 e. The van der Waals surface area contributed by atoms with Crippen molar-refractivity contribution in [3.63, 3.8) is 0 Å². The number of benzene rings is 3. The number of carbonyl (C=O) groups is 2. The van der Waals surface area contributed by atoms with Gasteiger partial charge in [-0.05, 0) is 23.3 Å². The van der Waals surface area contributed by atoms with E-state index in [1.165, 1.54) is 12.1 Å². The van der Waals surface area contributed by atoms with Crippen LogP contribution in [0.1, 0.15) is 21.5 Å². The van der Waals surface area contributed by atoms with Gasteiger partial charge in [-0.15, -0.1) is 0 Å². The van der Waals surface area contributed by atoms with Crippen LogP contribution in [0.15, 0.2) is 96.7 Å². The minimum absolute atomic E-state index is 0.00809. The summed E-state index contributed by atoms with van der Waals surface area (Å²) in [4.78, 5) is 25.1. The van der Waals surface area contributed by atoms with Gasteiger partial charge in [0, 0.05) is 6.08 Å². The van der Waals surface area contributed by atoms with E-state index in [9.17, 15) is 19.3 Å². The minimum Gasteiger partial charge on any atom is -0.403 e. The van der Waals surface area contributed by atoms with E-state index in [1.807, 2.05) is 60.7 Å². The zero-order chi connectivity index (χ0) is 25.8. The lowest BCUT2D eigenvalue weighted by Crippen LogP contribution is -2.37. The Bertz CT molecular complexity index is 1310. The summed E-state index contributed by atoms with van der Waals surface area (Å²) in [6, 6.07) is 24.3. The summed E-state index contributed by atoms with van der Waals surface area (Å²) in [6.45, 7) is -0.101. The summed E-state index contributed by atoms with van der Waals surface area (Å²) in [5, 5.41) is 12.9. The van der Waals surface area contributed by atoms with Gasteiger partial charge in [0.15, 0.2) is 5.78 Å². The summed E-state index contributed by atoms with van der Waals surface area (Å²) >= 11 is 0. The molecule has 1 fully saturated rings. The highest BCUT2D eigenvalue weighted by Gasteiger charge is 2.53. The van der Waals surface area contributed by atoms with Crippen molar-refractivity contribution < 1.29 is 37.6 Å². The van der Waals surface area contributed by atoms with Crippen LogP contribution in [0.4, 0.5) is 0 Å². The Balaban J connectivity index is 1.35. The standard InChI is InChI=1S/C27H24NO8P/c29-22-15-21(24(30)26-25(22)35-26)28-27(31)20-13-7-8-14-23(20)36-37(32,33-16-18-9-3-1-4-10-18)34-17-19-11-5-2-6-12-19/h1-15,24-26,30H,16-17H2,(H,28,31). The number of amides is 1. The molecular formula is C27H24NO8P. The molecule has 3 atom stereocenters. The first-order valence-corrected chi connectivity index (χ1v) is 13.0. The van der Waals surface area contributed by atoms with E-state index in [0.29, 0.717) is 0 Å². The molecule has 37 heavy (non-hydrogen) atoms. The zero-order valence-electron chi connectivity index (χ0n) is 19.6. The third kappa shape index (κ3) is 6.05. The van der Waals surface area contributed by atoms with Crippen molar-refractivity contribution in [1.29, 1.82) is 0 Å². The number of ketones is 1. The molecule has 3 unspecified atom stereocenters. The smallest absolute Gasteiger partial charge is 0.403 e. The van der Waals surface area contributed by atoms with Crippen LogP contribution in [0.25, 0.3) is 0 Å². The van der Waals surface area contributed by atoms with Gasteiger partial charge in [-0.2, -0.15) is 0 Å². The maximum absolute atomic E-state index is 13.7. The van der Waals surface area contributed by atoms with Crippen LogP contribution in [-0.2, 0) is 36.4 Å². The van der Waals surface area contributed by atoms with Gasteiger partial charge in [-0.1, -0.05) is 72.8 Å². The van der Waals surface area contributed by atoms with E-state index in [4.69, 9.17) is 18.3 Å². The van der Waals surface area contributed by atoms with Crippen LogP contribution >= 0.6 is 7.82 Å². The van der Waals surface area contributed by atoms with Gasteiger partial charge in [0.2, 0.25) is 0 Å². The fourth-order valence-electron chi connectivity index (χ4n) is 3.80. The molecule has 3 aromatic rings. The van der Waals surface area contributed by atoms with Gasteiger partial charge in [0.25, 0.3) is 5.91 Å². The largest absolute Gasteiger partial charge is 0.530 e. The summed E-state index contributed by atoms with van der Waals surface area (Å²) in [5.74, 6) is -1.06. The molecule has 0 aromatic heterocycles. The minimum atomic E-state index is -4.22. The number of epoxide rings is 1. The predicted molar refractivity (Wildman–Crippen MR) is 132 cm³/mol. The highest BCUT2D eigenvalue weighted by Crippen LogP contribution is 2.51. The van der Waals surface area contributed by atoms with Gasteiger partial charge in [0.05, 0.1) is 24.5 Å². The molecule has 0 radical (unpaired) electrons. The van der Waals surface area contributed by atoms with Crippen molar-refractivity contribution in [3.05, 3.63) is 113 Å². The Morgan fingerprint density at radius 1 is 0.892 bits per heavy atom. The highest BCUT2D eigenvalue weighted by atomic mass is 31.2. The number of aliphatic hydroxyl groups is 1. The molecule has 2 aliphatic rings. The molecule has 0 saturated carbocycles. The first-order valence-electron chi connectivity index (χ1n) is 11.6. The molecule has 3 aromatic carbocycles. The number of para-hydroxylation sites is 1. The first-order chi connectivity index (χ1) is 17.9. The van der Waals surface area contributed by atoms with Crippen molar-refractivity contribution >= 4 is 19.5 Å². The molecule has 9 nitrogen and oxygen atoms in total. The number of aliphatic hydroxyl groups excluding tert-OH is 1. The van der Waals surface area contributed by atoms with Crippen LogP contribution < -0.4 is 9.84 Å². The Hall–Kier alpha value is -3.59. The van der Waals surface area contributed by atoms with E-state index in [-0.39, 0.29) is 36.0 Å². The van der Waals surface area contributed by atoms with E-state index >= 15 is 0 Å². The lowest BCUT2D eigenvalue weighted by Gasteiger charge is -2.21. The lowest BCUT2D eigenvalue weighted by atomic mass is 10.0. The summed E-state index contributed by atoms with van der Waals surface area (Å²) in [6.07, 6.45) is -1.33. The second kappa shape index (κ2) is 10.8. The fraction of sp³-hybridized carbons (Fsp3) is 0.185. The SMILES string of the molecule is O=C(NC1=CC(=O)C2OC2C1O)c1ccccc1OP(=O)(OCc1ccccc1)OCc1ccccc1. The Kier molecular flexibility index (Phi) is 7.32. The van der Waals surface area contributed by atoms with Crippen molar-refractivity contribution in [2.75, 3.05) is 0 Å². The molecule has 1 aliphatic heterocycles. The third-order valence-electron chi connectivity index (χ3n) is 5.80. The van der Waals surface area contributed by atoms with E-state index in [1.54, 1.807) is 12.1 Å². The van der Waals surface area contributed by atoms with Gasteiger partial charge in [0.1, 0.15) is 24.1 Å². The van der Waals surface area contributed by atoms with Crippen molar-refractivity contribution in [1.82, 2.24) is 5.32 Å². The molecule has 2 N–H and O–H groups in total. The summed E-state index contributed by atoms with van der Waals surface area (Å²) in [5.41, 5.74) is 1.54. The molecular weight excluding hydrogens is 497 g/mol. The van der Waals surface area contributed by atoms with Gasteiger partial charge in [-0.25, -0.2) is 4.57 Å². The molecule has 1 saturated heterocycles. The van der Waals surface area contributed by atoms with Gasteiger partial charge >= 0.3 is 7.82 Å². The normalized spacial score (nSPS) is 20.5. The van der Waals surface area contributed by atoms with E-state index < -0.39 is 32.0 Å². The molecule has 0 spiro atoms. The van der Waals surface area contributed by atoms with Crippen LogP contribution in [-0.4, -0.2) is 35.1 Å².